The number of pyridine rings is 1. The van der Waals surface area contributed by atoms with Crippen LogP contribution in [0.1, 0.15) is 6.92 Å². The Morgan fingerprint density at radius 3 is 2.58 bits per heavy atom. The minimum Gasteiger partial charge on any atom is -0.468 e. The van der Waals surface area contributed by atoms with Gasteiger partial charge in [0.25, 0.3) is 0 Å². The monoisotopic (exact) mass is 299 g/mol. The second-order valence-electron chi connectivity index (χ2n) is 3.57. The maximum Gasteiger partial charge on any atom is 0.422 e. The summed E-state index contributed by atoms with van der Waals surface area (Å²) in [5.74, 6) is -0.591. The van der Waals surface area contributed by atoms with E-state index in [9.17, 15) is 18.0 Å². The highest BCUT2D eigenvalue weighted by atomic mass is 35.5. The van der Waals surface area contributed by atoms with E-state index in [1.807, 2.05) is 0 Å². The van der Waals surface area contributed by atoms with E-state index in [2.05, 4.69) is 15.0 Å². The topological polar surface area (TPSA) is 77.2 Å². The molecular weight excluding hydrogens is 287 g/mol. The number of carbonyl (C=O) groups excluding carboxylic acids is 1. The van der Waals surface area contributed by atoms with Crippen LogP contribution >= 0.6 is 12.4 Å². The number of nitrogens with one attached hydrogen (secondary N) is 1. The van der Waals surface area contributed by atoms with Crippen molar-refractivity contribution in [2.45, 2.75) is 19.1 Å². The van der Waals surface area contributed by atoms with Crippen molar-refractivity contribution in [1.82, 2.24) is 4.98 Å². The molecule has 0 spiro atoms. The Kier molecular flexibility index (Phi) is 6.57. The molecule has 0 fully saturated rings. The van der Waals surface area contributed by atoms with Gasteiger partial charge in [-0.1, -0.05) is 0 Å². The lowest BCUT2D eigenvalue weighted by molar-refractivity contribution is -0.154. The number of hydrogen-bond donors (Lipinski definition) is 2. The van der Waals surface area contributed by atoms with Crippen LogP contribution in [0.15, 0.2) is 18.3 Å². The molecule has 1 unspecified atom stereocenters. The summed E-state index contributed by atoms with van der Waals surface area (Å²) >= 11 is 0. The molecular formula is C10H13ClF3N3O2. The van der Waals surface area contributed by atoms with Crippen molar-refractivity contribution in [2.75, 3.05) is 11.9 Å². The van der Waals surface area contributed by atoms with Crippen molar-refractivity contribution in [2.24, 2.45) is 5.73 Å². The number of halogens is 4. The van der Waals surface area contributed by atoms with E-state index in [4.69, 9.17) is 5.73 Å². The van der Waals surface area contributed by atoms with Gasteiger partial charge in [-0.25, -0.2) is 4.98 Å². The number of ether oxygens (including phenoxy) is 1. The Hall–Kier alpha value is -1.54. The lowest BCUT2D eigenvalue weighted by atomic mass is 10.3. The average molecular weight is 300 g/mol. The van der Waals surface area contributed by atoms with Crippen molar-refractivity contribution in [1.29, 1.82) is 0 Å². The van der Waals surface area contributed by atoms with Crippen LogP contribution in [0.5, 0.6) is 5.88 Å². The second kappa shape index (κ2) is 7.15. The molecule has 0 aliphatic rings. The number of alkyl halides is 3. The highest BCUT2D eigenvalue weighted by Crippen LogP contribution is 2.17. The van der Waals surface area contributed by atoms with Crippen LogP contribution in [-0.4, -0.2) is 29.7 Å². The third-order valence-electron chi connectivity index (χ3n) is 1.80. The number of aromatic nitrogens is 1. The van der Waals surface area contributed by atoms with Crippen LogP contribution in [0.3, 0.4) is 0 Å². The normalized spacial score (nSPS) is 12.3. The smallest absolute Gasteiger partial charge is 0.422 e. The highest BCUT2D eigenvalue weighted by Gasteiger charge is 2.28. The molecule has 1 heterocycles. The maximum absolute atomic E-state index is 11.9. The summed E-state index contributed by atoms with van der Waals surface area (Å²) in [6.07, 6.45) is -3.23. The van der Waals surface area contributed by atoms with Crippen LogP contribution in [0, 0.1) is 0 Å². The van der Waals surface area contributed by atoms with Crippen molar-refractivity contribution >= 4 is 24.0 Å². The number of anilines is 1. The summed E-state index contributed by atoms with van der Waals surface area (Å²) in [5.41, 5.74) is 5.66. The van der Waals surface area contributed by atoms with Crippen molar-refractivity contribution in [3.63, 3.8) is 0 Å². The number of carbonyl (C=O) groups is 1. The maximum atomic E-state index is 11.9. The van der Waals surface area contributed by atoms with Gasteiger partial charge in [-0.2, -0.15) is 13.2 Å². The fourth-order valence-corrected chi connectivity index (χ4v) is 0.951. The van der Waals surface area contributed by atoms with Crippen molar-refractivity contribution in [3.05, 3.63) is 18.3 Å². The van der Waals surface area contributed by atoms with Crippen molar-refractivity contribution < 1.29 is 22.7 Å². The predicted octanol–water partition coefficient (Wildman–Crippen LogP) is 1.73. The molecule has 1 aromatic heterocycles. The van der Waals surface area contributed by atoms with E-state index < -0.39 is 24.7 Å². The van der Waals surface area contributed by atoms with Gasteiger partial charge in [-0.3, -0.25) is 4.79 Å². The van der Waals surface area contributed by atoms with Crippen LogP contribution < -0.4 is 15.8 Å². The number of nitrogens with two attached hydrogens (primary N) is 1. The quantitative estimate of drug-likeness (QED) is 0.887. The van der Waals surface area contributed by atoms with Crippen LogP contribution in [0.4, 0.5) is 18.9 Å². The predicted molar refractivity (Wildman–Crippen MR) is 65.3 cm³/mol. The first-order valence-electron chi connectivity index (χ1n) is 5.00. The lowest BCUT2D eigenvalue weighted by Gasteiger charge is -2.10. The third kappa shape index (κ3) is 6.82. The average Bonchev–Trinajstić information content (AvgIpc) is 2.27. The van der Waals surface area contributed by atoms with Gasteiger partial charge in [-0.15, -0.1) is 12.4 Å². The SMILES string of the molecule is CC(N)C(=O)Nc1ccc(OCC(F)(F)F)nc1.Cl. The molecule has 0 aliphatic heterocycles. The molecule has 0 aliphatic carbocycles. The molecule has 19 heavy (non-hydrogen) atoms. The first kappa shape index (κ1) is 17.5. The standard InChI is InChI=1S/C10H12F3N3O2.ClH/c1-6(14)9(17)16-7-2-3-8(15-4-7)18-5-10(11,12)13;/h2-4,6H,5,14H2,1H3,(H,16,17);1H. The number of amides is 1. The Bertz CT molecular complexity index is 409. The van der Waals surface area contributed by atoms with Crippen LogP contribution in [0.2, 0.25) is 0 Å². The lowest BCUT2D eigenvalue weighted by Crippen LogP contribution is -2.32. The molecule has 5 nitrogen and oxygen atoms in total. The minimum atomic E-state index is -4.41. The summed E-state index contributed by atoms with van der Waals surface area (Å²) in [6.45, 7) is 0.0924. The Labute approximate surface area is 113 Å². The van der Waals surface area contributed by atoms with E-state index in [-0.39, 0.29) is 18.3 Å². The van der Waals surface area contributed by atoms with E-state index in [1.165, 1.54) is 25.3 Å². The number of nitrogens with zero attached hydrogens (tertiary/aromatic N) is 1. The summed E-state index contributed by atoms with van der Waals surface area (Å²) in [7, 11) is 0. The molecule has 0 saturated heterocycles. The largest absolute Gasteiger partial charge is 0.468 e. The molecule has 1 amide bonds. The van der Waals surface area contributed by atoms with Crippen LogP contribution in [-0.2, 0) is 4.79 Å². The molecule has 1 aromatic rings. The highest BCUT2D eigenvalue weighted by molar-refractivity contribution is 5.94. The first-order valence-corrected chi connectivity index (χ1v) is 5.00. The summed E-state index contributed by atoms with van der Waals surface area (Å²) in [6, 6.07) is 1.91. The van der Waals surface area contributed by atoms with E-state index >= 15 is 0 Å². The molecule has 0 radical (unpaired) electrons. The fraction of sp³-hybridized carbons (Fsp3) is 0.400. The first-order chi connectivity index (χ1) is 8.28. The Morgan fingerprint density at radius 1 is 1.53 bits per heavy atom. The molecule has 3 N–H and O–H groups in total. The van der Waals surface area contributed by atoms with Gasteiger partial charge in [0.1, 0.15) is 0 Å². The zero-order valence-corrected chi connectivity index (χ0v) is 10.7. The fourth-order valence-electron chi connectivity index (χ4n) is 0.951. The summed E-state index contributed by atoms with van der Waals surface area (Å²) in [4.78, 5) is 14.8. The van der Waals surface area contributed by atoms with E-state index in [0.29, 0.717) is 5.69 Å². The summed E-state index contributed by atoms with van der Waals surface area (Å²) in [5, 5.41) is 2.44. The molecule has 0 bridgehead atoms. The zero-order chi connectivity index (χ0) is 13.8. The van der Waals surface area contributed by atoms with E-state index in [1.54, 1.807) is 0 Å². The van der Waals surface area contributed by atoms with E-state index in [0.717, 1.165) is 0 Å². The van der Waals surface area contributed by atoms with Gasteiger partial charge in [0.15, 0.2) is 6.61 Å². The molecule has 1 rings (SSSR count). The molecule has 9 heteroatoms. The molecule has 108 valence electrons. The molecule has 0 aromatic carbocycles. The zero-order valence-electron chi connectivity index (χ0n) is 9.90. The van der Waals surface area contributed by atoms with Crippen molar-refractivity contribution in [3.8, 4) is 5.88 Å². The van der Waals surface area contributed by atoms with Gasteiger partial charge in [-0.05, 0) is 13.0 Å². The molecule has 1 atom stereocenters. The minimum absolute atomic E-state index is 0. The molecule has 0 saturated carbocycles. The Morgan fingerprint density at radius 2 is 2.16 bits per heavy atom. The van der Waals surface area contributed by atoms with Crippen LogP contribution in [0.25, 0.3) is 0 Å². The third-order valence-corrected chi connectivity index (χ3v) is 1.80. The van der Waals surface area contributed by atoms with Gasteiger partial charge in [0.05, 0.1) is 17.9 Å². The number of hydrogen-bond acceptors (Lipinski definition) is 4. The van der Waals surface area contributed by atoms with Gasteiger partial charge >= 0.3 is 6.18 Å². The van der Waals surface area contributed by atoms with Gasteiger partial charge in [0.2, 0.25) is 11.8 Å². The Balaban J connectivity index is 0.00000324. The number of rotatable bonds is 4. The summed E-state index contributed by atoms with van der Waals surface area (Å²) < 4.78 is 40.0. The second-order valence-corrected chi connectivity index (χ2v) is 3.57. The van der Waals surface area contributed by atoms with Gasteiger partial charge in [0, 0.05) is 6.07 Å². The van der Waals surface area contributed by atoms with Gasteiger partial charge < -0.3 is 15.8 Å².